The maximum Gasteiger partial charge on any atom is 0.414 e. The van der Waals surface area contributed by atoms with E-state index in [-0.39, 0.29) is 11.9 Å². The topological polar surface area (TPSA) is 38.8 Å². The van der Waals surface area contributed by atoms with Crippen molar-refractivity contribution in [3.8, 4) is 0 Å². The van der Waals surface area contributed by atoms with Gasteiger partial charge in [0.25, 0.3) is 0 Å². The molecular weight excluding hydrogens is 249 g/mol. The molecule has 1 aliphatic heterocycles. The van der Waals surface area contributed by atoms with E-state index in [0.717, 1.165) is 0 Å². The lowest BCUT2D eigenvalue weighted by molar-refractivity contribution is 0.0718. The molecule has 1 unspecified atom stereocenters. The normalized spacial score (nSPS) is 17.8. The van der Waals surface area contributed by atoms with Crippen LogP contribution in [-0.4, -0.2) is 32.5 Å². The van der Waals surface area contributed by atoms with Gasteiger partial charge in [-0.25, -0.2) is 9.18 Å². The van der Waals surface area contributed by atoms with Crippen LogP contribution >= 0.6 is 0 Å². The van der Waals surface area contributed by atoms with Crippen molar-refractivity contribution >= 4 is 11.8 Å². The quantitative estimate of drug-likeness (QED) is 0.846. The average Bonchev–Trinajstić information content (AvgIpc) is 2.77. The second-order valence-electron chi connectivity index (χ2n) is 4.01. The molecule has 1 amide bonds. The fourth-order valence-corrected chi connectivity index (χ4v) is 1.75. The summed E-state index contributed by atoms with van der Waals surface area (Å²) in [5, 5.41) is 0. The van der Waals surface area contributed by atoms with E-state index in [9.17, 15) is 9.18 Å². The Labute approximate surface area is 113 Å². The number of methoxy groups -OCH3 is 1. The van der Waals surface area contributed by atoms with Gasteiger partial charge in [0.2, 0.25) is 0 Å². The molecule has 5 heteroatoms. The van der Waals surface area contributed by atoms with Crippen molar-refractivity contribution in [1.82, 2.24) is 0 Å². The van der Waals surface area contributed by atoms with Crippen LogP contribution in [0.5, 0.6) is 0 Å². The molecule has 1 aromatic carbocycles. The first-order chi connectivity index (χ1) is 9.11. The lowest BCUT2D eigenvalue weighted by Gasteiger charge is -2.13. The van der Waals surface area contributed by atoms with Crippen LogP contribution in [0.1, 0.15) is 19.4 Å². The van der Waals surface area contributed by atoms with Crippen LogP contribution in [0, 0.1) is 12.7 Å². The fraction of sp³-hybridized carbons (Fsp3) is 0.500. The third kappa shape index (κ3) is 3.67. The van der Waals surface area contributed by atoms with Crippen molar-refractivity contribution in [1.29, 1.82) is 0 Å². The van der Waals surface area contributed by atoms with E-state index < -0.39 is 6.09 Å². The molecule has 0 spiro atoms. The van der Waals surface area contributed by atoms with E-state index in [4.69, 9.17) is 9.47 Å². The number of amides is 1. The van der Waals surface area contributed by atoms with Gasteiger partial charge < -0.3 is 9.47 Å². The Morgan fingerprint density at radius 3 is 2.74 bits per heavy atom. The van der Waals surface area contributed by atoms with Crippen molar-refractivity contribution in [2.24, 2.45) is 0 Å². The highest BCUT2D eigenvalue weighted by atomic mass is 19.1. The van der Waals surface area contributed by atoms with E-state index in [0.29, 0.717) is 24.4 Å². The molecule has 0 saturated carbocycles. The van der Waals surface area contributed by atoms with Crippen LogP contribution in [0.15, 0.2) is 18.2 Å². The summed E-state index contributed by atoms with van der Waals surface area (Å²) < 4.78 is 23.4. The summed E-state index contributed by atoms with van der Waals surface area (Å²) in [6.07, 6.45) is -0.757. The third-order valence-corrected chi connectivity index (χ3v) is 2.69. The Hall–Kier alpha value is -1.62. The predicted molar refractivity (Wildman–Crippen MR) is 72.0 cm³/mol. The van der Waals surface area contributed by atoms with Gasteiger partial charge in [-0.05, 0) is 24.6 Å². The third-order valence-electron chi connectivity index (χ3n) is 2.69. The van der Waals surface area contributed by atoms with Crippen LogP contribution in [0.3, 0.4) is 0 Å². The van der Waals surface area contributed by atoms with E-state index in [1.807, 2.05) is 13.8 Å². The molecule has 0 radical (unpaired) electrons. The van der Waals surface area contributed by atoms with Crippen molar-refractivity contribution in [2.75, 3.05) is 25.2 Å². The summed E-state index contributed by atoms with van der Waals surface area (Å²) in [6.45, 7) is 6.40. The number of ether oxygens (including phenoxy) is 2. The van der Waals surface area contributed by atoms with Gasteiger partial charge >= 0.3 is 6.09 Å². The highest BCUT2D eigenvalue weighted by Crippen LogP contribution is 2.23. The van der Waals surface area contributed by atoms with Gasteiger partial charge in [-0.2, -0.15) is 0 Å². The minimum atomic E-state index is -0.463. The van der Waals surface area contributed by atoms with Gasteiger partial charge in [0, 0.05) is 7.11 Å². The first-order valence-corrected chi connectivity index (χ1v) is 6.35. The number of nitrogens with zero attached hydrogens (tertiary/aromatic N) is 1. The SMILES string of the molecule is CC.COCC1CN(c2ccc(C)c(F)c2)C(=O)O1. The number of cyclic esters (lactones) is 1. The van der Waals surface area contributed by atoms with Crippen LogP contribution in [-0.2, 0) is 9.47 Å². The Morgan fingerprint density at radius 2 is 2.16 bits per heavy atom. The minimum Gasteiger partial charge on any atom is -0.441 e. The maximum atomic E-state index is 13.4. The molecule has 1 aromatic rings. The van der Waals surface area contributed by atoms with Crippen LogP contribution in [0.4, 0.5) is 14.9 Å². The second kappa shape index (κ2) is 7.09. The number of rotatable bonds is 3. The molecule has 106 valence electrons. The van der Waals surface area contributed by atoms with Crippen molar-refractivity contribution in [3.63, 3.8) is 0 Å². The number of hydrogen-bond donors (Lipinski definition) is 0. The van der Waals surface area contributed by atoms with Crippen molar-refractivity contribution < 1.29 is 18.7 Å². The molecule has 1 saturated heterocycles. The van der Waals surface area contributed by atoms with Gasteiger partial charge in [0.05, 0.1) is 18.8 Å². The molecule has 1 atom stereocenters. The summed E-state index contributed by atoms with van der Waals surface area (Å²) >= 11 is 0. The van der Waals surface area contributed by atoms with E-state index in [1.54, 1.807) is 26.2 Å². The molecule has 1 fully saturated rings. The molecular formula is C14H20FNO3. The summed E-state index contributed by atoms with van der Waals surface area (Å²) in [4.78, 5) is 13.0. The van der Waals surface area contributed by atoms with Gasteiger partial charge in [-0.1, -0.05) is 19.9 Å². The Kier molecular flexibility index (Phi) is 5.76. The first kappa shape index (κ1) is 15.4. The summed E-state index contributed by atoms with van der Waals surface area (Å²) in [5.74, 6) is -0.328. The van der Waals surface area contributed by atoms with Gasteiger partial charge in [-0.15, -0.1) is 0 Å². The summed E-state index contributed by atoms with van der Waals surface area (Å²) in [7, 11) is 1.54. The Morgan fingerprint density at radius 1 is 1.47 bits per heavy atom. The molecule has 1 aliphatic rings. The zero-order valence-corrected chi connectivity index (χ0v) is 11.8. The molecule has 4 nitrogen and oxygen atoms in total. The fourth-order valence-electron chi connectivity index (χ4n) is 1.75. The maximum absolute atomic E-state index is 13.4. The highest BCUT2D eigenvalue weighted by molar-refractivity contribution is 5.89. The number of halogens is 1. The molecule has 0 N–H and O–H groups in total. The number of hydrogen-bond acceptors (Lipinski definition) is 3. The zero-order chi connectivity index (χ0) is 14.4. The number of aryl methyl sites for hydroxylation is 1. The summed E-state index contributed by atoms with van der Waals surface area (Å²) in [6, 6.07) is 4.68. The van der Waals surface area contributed by atoms with Crippen LogP contribution in [0.25, 0.3) is 0 Å². The molecule has 0 aromatic heterocycles. The average molecular weight is 269 g/mol. The Bertz CT molecular complexity index is 437. The Balaban J connectivity index is 0.000000861. The minimum absolute atomic E-state index is 0.295. The van der Waals surface area contributed by atoms with E-state index in [2.05, 4.69) is 0 Å². The molecule has 1 heterocycles. The number of carbonyl (C=O) groups is 1. The standard InChI is InChI=1S/C12H14FNO3.C2H6/c1-8-3-4-9(5-11(8)13)14-6-10(7-16-2)17-12(14)15;1-2/h3-5,10H,6-7H2,1-2H3;1-2H3. The van der Waals surface area contributed by atoms with Crippen LogP contribution < -0.4 is 4.90 Å². The van der Waals surface area contributed by atoms with Crippen molar-refractivity contribution in [3.05, 3.63) is 29.6 Å². The predicted octanol–water partition coefficient (Wildman–Crippen LogP) is 3.13. The van der Waals surface area contributed by atoms with E-state index in [1.165, 1.54) is 11.0 Å². The molecule has 0 aliphatic carbocycles. The van der Waals surface area contributed by atoms with Crippen molar-refractivity contribution in [2.45, 2.75) is 26.9 Å². The molecule has 2 rings (SSSR count). The van der Waals surface area contributed by atoms with Gasteiger partial charge in [-0.3, -0.25) is 4.90 Å². The number of anilines is 1. The van der Waals surface area contributed by atoms with Gasteiger partial charge in [0.1, 0.15) is 11.9 Å². The number of carbonyl (C=O) groups excluding carboxylic acids is 1. The van der Waals surface area contributed by atoms with Gasteiger partial charge in [0.15, 0.2) is 0 Å². The molecule has 0 bridgehead atoms. The highest BCUT2D eigenvalue weighted by Gasteiger charge is 2.32. The van der Waals surface area contributed by atoms with Crippen LogP contribution in [0.2, 0.25) is 0 Å². The lowest BCUT2D eigenvalue weighted by atomic mass is 10.2. The van der Waals surface area contributed by atoms with E-state index >= 15 is 0 Å². The number of benzene rings is 1. The zero-order valence-electron chi connectivity index (χ0n) is 11.8. The second-order valence-corrected chi connectivity index (χ2v) is 4.01. The molecule has 19 heavy (non-hydrogen) atoms. The largest absolute Gasteiger partial charge is 0.441 e. The summed E-state index contributed by atoms with van der Waals surface area (Å²) in [5.41, 5.74) is 1.06. The lowest BCUT2D eigenvalue weighted by Crippen LogP contribution is -2.25. The first-order valence-electron chi connectivity index (χ1n) is 6.35. The smallest absolute Gasteiger partial charge is 0.414 e. The monoisotopic (exact) mass is 269 g/mol.